The molecule has 1 aliphatic rings. The van der Waals surface area contributed by atoms with Crippen molar-refractivity contribution in [2.45, 2.75) is 30.7 Å². The van der Waals surface area contributed by atoms with E-state index in [9.17, 15) is 0 Å². The van der Waals surface area contributed by atoms with Gasteiger partial charge in [0.1, 0.15) is 24.4 Å². The first-order valence-electron chi connectivity index (χ1n) is 5.89. The Labute approximate surface area is 127 Å². The Morgan fingerprint density at radius 2 is 1.35 bits per heavy atom. The third kappa shape index (κ3) is 3.55. The molecule has 2 rings (SSSR count). The molecule has 0 aliphatic carbocycles. The van der Waals surface area contributed by atoms with Gasteiger partial charge in [0.05, 0.1) is 0 Å². The molecule has 0 aromatic heterocycles. The number of hydrogen-bond acceptors (Lipinski definition) is 5. The zero-order chi connectivity index (χ0) is 14.5. The van der Waals surface area contributed by atoms with Crippen molar-refractivity contribution >= 4 is 37.9 Å². The average Bonchev–Trinajstić information content (AvgIpc) is 2.53. The largest absolute Gasteiger partial charge is 0.357 e. The Morgan fingerprint density at radius 3 is 1.85 bits per heavy atom. The molecule has 20 heavy (non-hydrogen) atoms. The lowest BCUT2D eigenvalue weighted by molar-refractivity contribution is -0.250. The summed E-state index contributed by atoms with van der Waals surface area (Å²) in [6.45, 7) is 0. The van der Waals surface area contributed by atoms with E-state index in [0.717, 1.165) is 5.56 Å². The van der Waals surface area contributed by atoms with E-state index in [1.165, 1.54) is 0 Å². The molecular formula is C11H18O5P4. The van der Waals surface area contributed by atoms with Crippen LogP contribution in [-0.4, -0.2) is 24.6 Å². The van der Waals surface area contributed by atoms with E-state index in [1.807, 2.05) is 30.3 Å². The fourth-order valence-electron chi connectivity index (χ4n) is 2.28. The zero-order valence-electron chi connectivity index (χ0n) is 10.6. The lowest BCUT2D eigenvalue weighted by Gasteiger charge is -2.43. The van der Waals surface area contributed by atoms with Crippen molar-refractivity contribution in [1.82, 2.24) is 0 Å². The maximum Gasteiger partial charge on any atom is 0.190 e. The molecule has 1 aromatic rings. The number of ether oxygens (including phenoxy) is 1. The molecule has 0 bridgehead atoms. The van der Waals surface area contributed by atoms with E-state index in [-0.39, 0.29) is 18.3 Å². The van der Waals surface area contributed by atoms with Crippen LogP contribution < -0.4 is 0 Å². The minimum Gasteiger partial charge on any atom is -0.357 e. The first-order valence-corrected chi connectivity index (χ1v) is 7.78. The van der Waals surface area contributed by atoms with E-state index in [2.05, 4.69) is 37.9 Å². The van der Waals surface area contributed by atoms with Crippen LogP contribution >= 0.6 is 37.9 Å². The third-order valence-electron chi connectivity index (χ3n) is 3.23. The minimum atomic E-state index is -0.579. The molecule has 1 saturated heterocycles. The summed E-state index contributed by atoms with van der Waals surface area (Å²) in [4.78, 5) is 0. The zero-order valence-corrected chi connectivity index (χ0v) is 15.2. The van der Waals surface area contributed by atoms with Gasteiger partial charge in [0, 0.05) is 37.9 Å². The fourth-order valence-corrected chi connectivity index (χ4v) is 3.39. The Hall–Kier alpha value is 0.740. The van der Waals surface area contributed by atoms with E-state index >= 15 is 0 Å². The van der Waals surface area contributed by atoms with E-state index in [4.69, 9.17) is 22.8 Å². The van der Waals surface area contributed by atoms with Crippen LogP contribution in [0.1, 0.15) is 11.7 Å². The molecule has 6 unspecified atom stereocenters. The molecule has 0 amide bonds. The molecule has 1 aliphatic heterocycles. The summed E-state index contributed by atoms with van der Waals surface area (Å²) in [5, 5.41) is 0. The molecule has 112 valence electrons. The van der Waals surface area contributed by atoms with Gasteiger partial charge in [-0.3, -0.25) is 0 Å². The smallest absolute Gasteiger partial charge is 0.190 e. The molecule has 5 nitrogen and oxygen atoms in total. The van der Waals surface area contributed by atoms with Crippen LogP contribution in [0.5, 0.6) is 0 Å². The van der Waals surface area contributed by atoms with Crippen LogP contribution in [-0.2, 0) is 22.8 Å². The summed E-state index contributed by atoms with van der Waals surface area (Å²) in [7, 11) is 8.91. The molecule has 0 spiro atoms. The molecule has 9 atom stereocenters. The fraction of sp³-hybridized carbons (Fsp3) is 0.455. The quantitative estimate of drug-likeness (QED) is 0.760. The topological polar surface area (TPSA) is 46.2 Å². The average molecular weight is 354 g/mol. The maximum absolute atomic E-state index is 5.95. The van der Waals surface area contributed by atoms with Gasteiger partial charge in [-0.25, -0.2) is 0 Å². The first-order chi connectivity index (χ1) is 9.76. The van der Waals surface area contributed by atoms with Crippen LogP contribution in [0.25, 0.3) is 0 Å². The standard InChI is InChI=1S/C11H18O5P4/c17-13-8-7(6-4-2-1-3-5-6)12-11(16-20)10(15-19)9(8)14-18/h1-5,7-11H,17-20H2/t7?,8-,9+,10-,11?/m0/s1. The monoisotopic (exact) mass is 354 g/mol. The highest BCUT2D eigenvalue weighted by Gasteiger charge is 2.48. The van der Waals surface area contributed by atoms with Crippen molar-refractivity contribution in [2.75, 3.05) is 0 Å². The van der Waals surface area contributed by atoms with Gasteiger partial charge >= 0.3 is 0 Å². The number of hydrogen-bond donors (Lipinski definition) is 0. The molecule has 1 fully saturated rings. The second-order valence-electron chi connectivity index (χ2n) is 4.27. The normalized spacial score (nSPS) is 34.1. The SMILES string of the molecule is POC1OC(c2ccccc2)[C@H](OP)[C@@H](OP)[C@@H]1OP. The highest BCUT2D eigenvalue weighted by atomic mass is 31.0. The van der Waals surface area contributed by atoms with Crippen molar-refractivity contribution in [3.05, 3.63) is 35.9 Å². The van der Waals surface area contributed by atoms with Crippen molar-refractivity contribution < 1.29 is 22.8 Å². The number of benzene rings is 1. The van der Waals surface area contributed by atoms with Gasteiger partial charge in [-0.1, -0.05) is 30.3 Å². The van der Waals surface area contributed by atoms with Crippen LogP contribution in [0.2, 0.25) is 0 Å². The summed E-state index contributed by atoms with van der Waals surface area (Å²) in [5.41, 5.74) is 0.987. The van der Waals surface area contributed by atoms with Crippen molar-refractivity contribution in [3.8, 4) is 0 Å². The summed E-state index contributed by atoms with van der Waals surface area (Å²) in [6, 6.07) is 9.80. The lowest BCUT2D eigenvalue weighted by Crippen LogP contribution is -2.55. The van der Waals surface area contributed by atoms with Gasteiger partial charge < -0.3 is 22.8 Å². The molecule has 9 heteroatoms. The Bertz CT molecular complexity index is 409. The van der Waals surface area contributed by atoms with Gasteiger partial charge in [0.15, 0.2) is 6.29 Å². The summed E-state index contributed by atoms with van der Waals surface area (Å²) < 4.78 is 27.5. The predicted octanol–water partition coefficient (Wildman–Crippen LogP) is 2.42. The van der Waals surface area contributed by atoms with E-state index < -0.39 is 12.4 Å². The third-order valence-corrected chi connectivity index (χ3v) is 4.44. The van der Waals surface area contributed by atoms with Gasteiger partial charge in [0.25, 0.3) is 0 Å². The molecule has 0 saturated carbocycles. The second-order valence-corrected chi connectivity index (χ2v) is 5.36. The maximum atomic E-state index is 5.95. The second kappa shape index (κ2) is 8.39. The highest BCUT2D eigenvalue weighted by molar-refractivity contribution is 7.10. The van der Waals surface area contributed by atoms with Gasteiger partial charge in [-0.15, -0.1) is 0 Å². The van der Waals surface area contributed by atoms with E-state index in [1.54, 1.807) is 0 Å². The van der Waals surface area contributed by atoms with Crippen molar-refractivity contribution in [1.29, 1.82) is 0 Å². The summed E-state index contributed by atoms with van der Waals surface area (Å²) >= 11 is 0. The minimum absolute atomic E-state index is 0.318. The van der Waals surface area contributed by atoms with Crippen LogP contribution in [0.15, 0.2) is 30.3 Å². The van der Waals surface area contributed by atoms with Gasteiger partial charge in [0.2, 0.25) is 0 Å². The molecular weight excluding hydrogens is 336 g/mol. The van der Waals surface area contributed by atoms with Crippen LogP contribution in [0.3, 0.4) is 0 Å². The van der Waals surface area contributed by atoms with E-state index in [0.29, 0.717) is 0 Å². The first kappa shape index (κ1) is 17.1. The van der Waals surface area contributed by atoms with Crippen molar-refractivity contribution in [2.24, 2.45) is 0 Å². The molecule has 0 radical (unpaired) electrons. The summed E-state index contributed by atoms with van der Waals surface area (Å²) in [6.07, 6.45) is -2.03. The van der Waals surface area contributed by atoms with Gasteiger partial charge in [-0.05, 0) is 5.56 Å². The molecule has 1 aromatic carbocycles. The molecule has 0 N–H and O–H groups in total. The Kier molecular flexibility index (Phi) is 7.18. The Balaban J connectivity index is 2.31. The van der Waals surface area contributed by atoms with Crippen LogP contribution in [0.4, 0.5) is 0 Å². The Morgan fingerprint density at radius 1 is 0.750 bits per heavy atom. The van der Waals surface area contributed by atoms with Crippen molar-refractivity contribution in [3.63, 3.8) is 0 Å². The molecule has 1 heterocycles. The van der Waals surface area contributed by atoms with Crippen LogP contribution in [0, 0.1) is 0 Å². The predicted molar refractivity (Wildman–Crippen MR) is 88.6 cm³/mol. The summed E-state index contributed by atoms with van der Waals surface area (Å²) in [5.74, 6) is 0. The highest BCUT2D eigenvalue weighted by Crippen LogP contribution is 2.39. The number of rotatable bonds is 5. The van der Waals surface area contributed by atoms with Gasteiger partial charge in [-0.2, -0.15) is 0 Å². The lowest BCUT2D eigenvalue weighted by atomic mass is 9.94.